The van der Waals surface area contributed by atoms with Gasteiger partial charge in [-0.2, -0.15) is 5.10 Å². The third-order valence-electron chi connectivity index (χ3n) is 2.01. The molecule has 0 saturated heterocycles. The van der Waals surface area contributed by atoms with Crippen molar-refractivity contribution in [1.82, 2.24) is 14.5 Å². The zero-order valence-corrected chi connectivity index (χ0v) is 10.1. The zero-order chi connectivity index (χ0) is 12.0. The number of sulfonamides is 1. The van der Waals surface area contributed by atoms with Crippen LogP contribution in [0.5, 0.6) is 0 Å². The Morgan fingerprint density at radius 2 is 2.31 bits per heavy atom. The van der Waals surface area contributed by atoms with Crippen molar-refractivity contribution in [2.24, 2.45) is 0 Å². The van der Waals surface area contributed by atoms with Crippen LogP contribution in [0.15, 0.2) is 17.3 Å². The van der Waals surface area contributed by atoms with E-state index in [4.69, 9.17) is 5.11 Å². The molecule has 6 nitrogen and oxygen atoms in total. The number of rotatable bonds is 7. The summed E-state index contributed by atoms with van der Waals surface area (Å²) >= 11 is 0. The van der Waals surface area contributed by atoms with Gasteiger partial charge in [0.2, 0.25) is 10.0 Å². The number of nitrogens with one attached hydrogen (secondary N) is 1. The average molecular weight is 247 g/mol. The number of aryl methyl sites for hydroxylation is 1. The van der Waals surface area contributed by atoms with Crippen molar-refractivity contribution in [3.63, 3.8) is 0 Å². The van der Waals surface area contributed by atoms with Gasteiger partial charge in [0.05, 0.1) is 6.20 Å². The third-order valence-corrected chi connectivity index (χ3v) is 3.42. The maximum atomic E-state index is 11.7. The van der Waals surface area contributed by atoms with Crippen LogP contribution in [0.2, 0.25) is 0 Å². The van der Waals surface area contributed by atoms with Gasteiger partial charge in [0.25, 0.3) is 0 Å². The number of aliphatic hydroxyl groups excluding tert-OH is 1. The first-order valence-electron chi connectivity index (χ1n) is 5.23. The van der Waals surface area contributed by atoms with Gasteiger partial charge in [0.15, 0.2) is 0 Å². The van der Waals surface area contributed by atoms with Crippen molar-refractivity contribution >= 4 is 10.0 Å². The van der Waals surface area contributed by atoms with E-state index in [1.807, 2.05) is 6.92 Å². The van der Waals surface area contributed by atoms with Crippen molar-refractivity contribution < 1.29 is 13.5 Å². The molecule has 0 unspecified atom stereocenters. The SMILES string of the molecule is CCCNS(=O)(=O)c1cnn(CCCO)c1. The van der Waals surface area contributed by atoms with Gasteiger partial charge in [-0.1, -0.05) is 6.92 Å². The number of hydrogen-bond donors (Lipinski definition) is 2. The van der Waals surface area contributed by atoms with Crippen molar-refractivity contribution in [3.05, 3.63) is 12.4 Å². The van der Waals surface area contributed by atoms with E-state index in [1.165, 1.54) is 17.1 Å². The summed E-state index contributed by atoms with van der Waals surface area (Å²) in [6.45, 7) is 2.90. The smallest absolute Gasteiger partial charge is 0.243 e. The molecule has 0 aromatic carbocycles. The lowest BCUT2D eigenvalue weighted by Crippen LogP contribution is -2.24. The second-order valence-corrected chi connectivity index (χ2v) is 5.18. The van der Waals surface area contributed by atoms with Gasteiger partial charge < -0.3 is 5.11 Å². The fourth-order valence-corrected chi connectivity index (χ4v) is 2.24. The van der Waals surface area contributed by atoms with Crippen LogP contribution in [0.1, 0.15) is 19.8 Å². The first-order chi connectivity index (χ1) is 7.60. The molecule has 1 aromatic heterocycles. The van der Waals surface area contributed by atoms with Crippen molar-refractivity contribution in [1.29, 1.82) is 0 Å². The van der Waals surface area contributed by atoms with Crippen LogP contribution in [-0.4, -0.2) is 36.5 Å². The first-order valence-corrected chi connectivity index (χ1v) is 6.71. The Morgan fingerprint density at radius 1 is 1.56 bits per heavy atom. The summed E-state index contributed by atoms with van der Waals surface area (Å²) < 4.78 is 27.3. The molecule has 0 aliphatic rings. The molecule has 7 heteroatoms. The molecule has 0 radical (unpaired) electrons. The number of nitrogens with zero attached hydrogens (tertiary/aromatic N) is 2. The quantitative estimate of drug-likeness (QED) is 0.707. The Hall–Kier alpha value is -0.920. The van der Waals surface area contributed by atoms with Crippen molar-refractivity contribution in [2.75, 3.05) is 13.2 Å². The Kier molecular flexibility index (Phi) is 4.91. The van der Waals surface area contributed by atoms with E-state index in [0.717, 1.165) is 6.42 Å². The largest absolute Gasteiger partial charge is 0.396 e. The van der Waals surface area contributed by atoms with Crippen LogP contribution in [0, 0.1) is 0 Å². The van der Waals surface area contributed by atoms with Crippen molar-refractivity contribution in [3.8, 4) is 0 Å². The Balaban J connectivity index is 2.69. The normalized spacial score (nSPS) is 11.9. The van der Waals surface area contributed by atoms with E-state index in [1.54, 1.807) is 0 Å². The Labute approximate surface area is 95.3 Å². The fourth-order valence-electron chi connectivity index (χ4n) is 1.16. The van der Waals surface area contributed by atoms with Gasteiger partial charge in [-0.05, 0) is 12.8 Å². The van der Waals surface area contributed by atoms with Crippen LogP contribution >= 0.6 is 0 Å². The fraction of sp³-hybridized carbons (Fsp3) is 0.667. The summed E-state index contributed by atoms with van der Waals surface area (Å²) in [4.78, 5) is 0.166. The summed E-state index contributed by atoms with van der Waals surface area (Å²) in [5.41, 5.74) is 0. The maximum absolute atomic E-state index is 11.7. The standard InChI is InChI=1S/C9H17N3O3S/c1-2-4-11-16(14,15)9-7-10-12(8-9)5-3-6-13/h7-8,11,13H,2-6H2,1H3. The molecule has 1 heterocycles. The molecule has 0 aliphatic carbocycles. The van der Waals surface area contributed by atoms with E-state index in [9.17, 15) is 8.42 Å². The molecule has 0 fully saturated rings. The minimum absolute atomic E-state index is 0.0655. The van der Waals surface area contributed by atoms with E-state index in [-0.39, 0.29) is 11.5 Å². The topological polar surface area (TPSA) is 84.2 Å². The maximum Gasteiger partial charge on any atom is 0.243 e. The van der Waals surface area contributed by atoms with E-state index >= 15 is 0 Å². The molecule has 0 aliphatic heterocycles. The molecule has 1 rings (SSSR count). The minimum atomic E-state index is -3.42. The summed E-state index contributed by atoms with van der Waals surface area (Å²) in [5, 5.41) is 12.6. The summed E-state index contributed by atoms with van der Waals surface area (Å²) in [6, 6.07) is 0. The average Bonchev–Trinajstić information content (AvgIpc) is 2.73. The van der Waals surface area contributed by atoms with Crippen LogP contribution in [0.3, 0.4) is 0 Å². The molecule has 0 bridgehead atoms. The molecule has 0 saturated carbocycles. The highest BCUT2D eigenvalue weighted by Crippen LogP contribution is 2.06. The van der Waals surface area contributed by atoms with Crippen LogP contribution < -0.4 is 4.72 Å². The predicted octanol–water partition coefficient (Wildman–Crippen LogP) is -0.0462. The van der Waals surface area contributed by atoms with Crippen LogP contribution in [0.4, 0.5) is 0 Å². The highest BCUT2D eigenvalue weighted by molar-refractivity contribution is 7.89. The molecular weight excluding hydrogens is 230 g/mol. The number of aromatic nitrogens is 2. The highest BCUT2D eigenvalue weighted by atomic mass is 32.2. The van der Waals surface area contributed by atoms with Crippen LogP contribution in [-0.2, 0) is 16.6 Å². The van der Waals surface area contributed by atoms with Crippen LogP contribution in [0.25, 0.3) is 0 Å². The van der Waals surface area contributed by atoms with Gasteiger partial charge in [0.1, 0.15) is 4.90 Å². The van der Waals surface area contributed by atoms with Gasteiger partial charge in [-0.25, -0.2) is 13.1 Å². The van der Waals surface area contributed by atoms with Gasteiger partial charge in [-0.3, -0.25) is 4.68 Å². The van der Waals surface area contributed by atoms with Gasteiger partial charge in [-0.15, -0.1) is 0 Å². The molecule has 2 N–H and O–H groups in total. The predicted molar refractivity (Wildman–Crippen MR) is 59.4 cm³/mol. The lowest BCUT2D eigenvalue weighted by molar-refractivity contribution is 0.277. The monoisotopic (exact) mass is 247 g/mol. The molecule has 0 atom stereocenters. The summed E-state index contributed by atoms with van der Waals surface area (Å²) in [5.74, 6) is 0. The molecule has 0 spiro atoms. The summed E-state index contributed by atoms with van der Waals surface area (Å²) in [6.07, 6.45) is 4.09. The van der Waals surface area contributed by atoms with E-state index in [2.05, 4.69) is 9.82 Å². The van der Waals surface area contributed by atoms with Gasteiger partial charge >= 0.3 is 0 Å². The van der Waals surface area contributed by atoms with Crippen molar-refractivity contribution in [2.45, 2.75) is 31.2 Å². The molecule has 92 valence electrons. The molecule has 1 aromatic rings. The Morgan fingerprint density at radius 3 is 2.94 bits per heavy atom. The van der Waals surface area contributed by atoms with E-state index < -0.39 is 10.0 Å². The molecular formula is C9H17N3O3S. The molecule has 0 amide bonds. The zero-order valence-electron chi connectivity index (χ0n) is 9.26. The Bertz CT molecular complexity index is 413. The second-order valence-electron chi connectivity index (χ2n) is 3.41. The minimum Gasteiger partial charge on any atom is -0.396 e. The highest BCUT2D eigenvalue weighted by Gasteiger charge is 2.15. The second kappa shape index (κ2) is 5.97. The number of hydrogen-bond acceptors (Lipinski definition) is 4. The summed E-state index contributed by atoms with van der Waals surface area (Å²) in [7, 11) is -3.42. The number of aliphatic hydroxyl groups is 1. The lowest BCUT2D eigenvalue weighted by atomic mass is 10.5. The lowest BCUT2D eigenvalue weighted by Gasteiger charge is -2.01. The van der Waals surface area contributed by atoms with E-state index in [0.29, 0.717) is 19.5 Å². The molecule has 16 heavy (non-hydrogen) atoms. The van der Waals surface area contributed by atoms with Gasteiger partial charge in [0, 0.05) is 25.9 Å². The first kappa shape index (κ1) is 13.1. The third kappa shape index (κ3) is 3.58.